The van der Waals surface area contributed by atoms with Crippen molar-refractivity contribution in [3.63, 3.8) is 0 Å². The number of amides is 1. The summed E-state index contributed by atoms with van der Waals surface area (Å²) in [6.45, 7) is 4.60. The van der Waals surface area contributed by atoms with Crippen LogP contribution in [0.5, 0.6) is 0 Å². The van der Waals surface area contributed by atoms with Crippen LogP contribution in [0.2, 0.25) is 0 Å². The third-order valence-corrected chi connectivity index (χ3v) is 3.88. The summed E-state index contributed by atoms with van der Waals surface area (Å²) in [5, 5.41) is 9.41. The van der Waals surface area contributed by atoms with Gasteiger partial charge in [0.1, 0.15) is 0 Å². The number of thioether (sulfide) groups is 1. The largest absolute Gasteiger partial charge is 0.393 e. The van der Waals surface area contributed by atoms with Crippen LogP contribution in [0.4, 0.5) is 0 Å². The van der Waals surface area contributed by atoms with Gasteiger partial charge < -0.3 is 10.0 Å². The van der Waals surface area contributed by atoms with Crippen molar-refractivity contribution < 1.29 is 9.90 Å². The van der Waals surface area contributed by atoms with Crippen molar-refractivity contribution in [2.75, 3.05) is 12.8 Å². The molecular formula is C11H21NO2S. The first kappa shape index (κ1) is 12.8. The molecule has 0 aliphatic carbocycles. The highest BCUT2D eigenvalue weighted by atomic mass is 32.2. The first-order valence-electron chi connectivity index (χ1n) is 5.57. The Bertz CT molecular complexity index is 221. The van der Waals surface area contributed by atoms with Gasteiger partial charge in [-0.3, -0.25) is 4.79 Å². The molecule has 1 N–H and O–H groups in total. The van der Waals surface area contributed by atoms with E-state index in [9.17, 15) is 9.90 Å². The molecule has 4 heteroatoms. The van der Waals surface area contributed by atoms with Crippen LogP contribution in [0, 0.1) is 0 Å². The van der Waals surface area contributed by atoms with Crippen LogP contribution in [0.3, 0.4) is 0 Å². The van der Waals surface area contributed by atoms with E-state index in [1.165, 1.54) is 0 Å². The SMILES string of the molecule is CSC(C)C(=O)N1CCCC1CC(C)O. The van der Waals surface area contributed by atoms with Crippen LogP contribution in [0.25, 0.3) is 0 Å². The van der Waals surface area contributed by atoms with Gasteiger partial charge in [-0.15, -0.1) is 0 Å². The van der Waals surface area contributed by atoms with Crippen molar-refractivity contribution >= 4 is 17.7 Å². The van der Waals surface area contributed by atoms with E-state index in [0.717, 1.165) is 19.4 Å². The van der Waals surface area contributed by atoms with Gasteiger partial charge in [-0.25, -0.2) is 0 Å². The molecule has 3 nitrogen and oxygen atoms in total. The fourth-order valence-electron chi connectivity index (χ4n) is 2.10. The molecule has 1 heterocycles. The van der Waals surface area contributed by atoms with Gasteiger partial charge in [0.2, 0.25) is 5.91 Å². The molecule has 1 saturated heterocycles. The number of carbonyl (C=O) groups is 1. The predicted molar refractivity (Wildman–Crippen MR) is 64.0 cm³/mol. The highest BCUT2D eigenvalue weighted by Gasteiger charge is 2.31. The van der Waals surface area contributed by atoms with Crippen molar-refractivity contribution in [1.82, 2.24) is 4.90 Å². The summed E-state index contributed by atoms with van der Waals surface area (Å²) in [5.41, 5.74) is 0. The van der Waals surface area contributed by atoms with Crippen LogP contribution in [-0.4, -0.2) is 46.1 Å². The second-order valence-electron chi connectivity index (χ2n) is 4.29. The molecule has 1 rings (SSSR count). The lowest BCUT2D eigenvalue weighted by atomic mass is 10.1. The van der Waals surface area contributed by atoms with E-state index >= 15 is 0 Å². The number of rotatable bonds is 4. The summed E-state index contributed by atoms with van der Waals surface area (Å²) in [5.74, 6) is 0.227. The maximum Gasteiger partial charge on any atom is 0.235 e. The Labute approximate surface area is 96.2 Å². The Kier molecular flexibility index (Phi) is 4.93. The number of carbonyl (C=O) groups excluding carboxylic acids is 1. The first-order valence-corrected chi connectivity index (χ1v) is 6.86. The molecule has 0 bridgehead atoms. The first-order chi connectivity index (χ1) is 7.06. The van der Waals surface area contributed by atoms with Crippen molar-refractivity contribution in [3.8, 4) is 0 Å². The molecule has 0 radical (unpaired) electrons. The second-order valence-corrected chi connectivity index (χ2v) is 5.47. The van der Waals surface area contributed by atoms with E-state index in [1.54, 1.807) is 18.7 Å². The molecule has 88 valence electrons. The minimum Gasteiger partial charge on any atom is -0.393 e. The van der Waals surface area contributed by atoms with E-state index in [-0.39, 0.29) is 23.3 Å². The van der Waals surface area contributed by atoms with Crippen molar-refractivity contribution in [3.05, 3.63) is 0 Å². The molecule has 1 aliphatic heterocycles. The van der Waals surface area contributed by atoms with E-state index in [2.05, 4.69) is 0 Å². The average molecular weight is 231 g/mol. The molecule has 1 aliphatic rings. The van der Waals surface area contributed by atoms with Gasteiger partial charge in [-0.1, -0.05) is 0 Å². The smallest absolute Gasteiger partial charge is 0.235 e. The number of likely N-dealkylation sites (tertiary alicyclic amines) is 1. The van der Waals surface area contributed by atoms with E-state index in [0.29, 0.717) is 6.42 Å². The topological polar surface area (TPSA) is 40.5 Å². The maximum absolute atomic E-state index is 12.0. The van der Waals surface area contributed by atoms with E-state index < -0.39 is 0 Å². The Morgan fingerprint density at radius 2 is 2.27 bits per heavy atom. The molecule has 0 saturated carbocycles. The van der Waals surface area contributed by atoms with Crippen LogP contribution in [-0.2, 0) is 4.79 Å². The Hall–Kier alpha value is -0.220. The minimum absolute atomic E-state index is 0.0413. The third-order valence-electron chi connectivity index (χ3n) is 2.97. The zero-order chi connectivity index (χ0) is 11.4. The molecule has 0 spiro atoms. The monoisotopic (exact) mass is 231 g/mol. The number of aliphatic hydroxyl groups excluding tert-OH is 1. The van der Waals surface area contributed by atoms with Gasteiger partial charge in [-0.05, 0) is 39.4 Å². The van der Waals surface area contributed by atoms with Crippen LogP contribution >= 0.6 is 11.8 Å². The highest BCUT2D eigenvalue weighted by Crippen LogP contribution is 2.24. The highest BCUT2D eigenvalue weighted by molar-refractivity contribution is 7.99. The van der Waals surface area contributed by atoms with Gasteiger partial charge >= 0.3 is 0 Å². The third kappa shape index (κ3) is 3.38. The summed E-state index contributed by atoms with van der Waals surface area (Å²) < 4.78 is 0. The molecule has 0 aromatic carbocycles. The van der Waals surface area contributed by atoms with Crippen LogP contribution in [0.15, 0.2) is 0 Å². The van der Waals surface area contributed by atoms with Crippen molar-refractivity contribution in [2.45, 2.75) is 50.5 Å². The summed E-state index contributed by atoms with van der Waals surface area (Å²) >= 11 is 1.59. The van der Waals surface area contributed by atoms with Crippen LogP contribution < -0.4 is 0 Å². The lowest BCUT2D eigenvalue weighted by Crippen LogP contribution is -2.41. The molecule has 3 atom stereocenters. The Morgan fingerprint density at radius 3 is 2.80 bits per heavy atom. The normalized spacial score (nSPS) is 25.3. The van der Waals surface area contributed by atoms with E-state index in [4.69, 9.17) is 0 Å². The zero-order valence-corrected chi connectivity index (χ0v) is 10.6. The van der Waals surface area contributed by atoms with Crippen molar-refractivity contribution in [1.29, 1.82) is 0 Å². The minimum atomic E-state index is -0.312. The van der Waals surface area contributed by atoms with Gasteiger partial charge in [0, 0.05) is 12.6 Å². The molecule has 1 fully saturated rings. The molecular weight excluding hydrogens is 210 g/mol. The second kappa shape index (κ2) is 5.75. The Balaban J connectivity index is 2.55. The summed E-state index contributed by atoms with van der Waals surface area (Å²) in [7, 11) is 0. The summed E-state index contributed by atoms with van der Waals surface area (Å²) in [6.07, 6.45) is 4.48. The number of hydrogen-bond acceptors (Lipinski definition) is 3. The molecule has 15 heavy (non-hydrogen) atoms. The predicted octanol–water partition coefficient (Wildman–Crippen LogP) is 1.50. The standard InChI is InChI=1S/C11H21NO2S/c1-8(13)7-10-5-4-6-12(10)11(14)9(2)15-3/h8-10,13H,4-7H2,1-3H3. The molecule has 0 aromatic rings. The van der Waals surface area contributed by atoms with Gasteiger partial charge in [0.25, 0.3) is 0 Å². The number of aliphatic hydroxyl groups is 1. The lowest BCUT2D eigenvalue weighted by molar-refractivity contribution is -0.131. The van der Waals surface area contributed by atoms with Gasteiger partial charge in [0.05, 0.1) is 11.4 Å². The van der Waals surface area contributed by atoms with Gasteiger partial charge in [0.15, 0.2) is 0 Å². The molecule has 3 unspecified atom stereocenters. The zero-order valence-electron chi connectivity index (χ0n) is 9.77. The average Bonchev–Trinajstić information content (AvgIpc) is 2.62. The van der Waals surface area contributed by atoms with Gasteiger partial charge in [-0.2, -0.15) is 11.8 Å². The lowest BCUT2D eigenvalue weighted by Gasteiger charge is -2.27. The Morgan fingerprint density at radius 1 is 1.60 bits per heavy atom. The fourth-order valence-corrected chi connectivity index (χ4v) is 2.44. The molecule has 1 amide bonds. The number of nitrogens with zero attached hydrogens (tertiary/aromatic N) is 1. The maximum atomic E-state index is 12.0. The molecule has 0 aromatic heterocycles. The number of hydrogen-bond donors (Lipinski definition) is 1. The van der Waals surface area contributed by atoms with E-state index in [1.807, 2.05) is 18.1 Å². The summed E-state index contributed by atoms with van der Waals surface area (Å²) in [6, 6.07) is 0.257. The van der Waals surface area contributed by atoms with Crippen molar-refractivity contribution in [2.24, 2.45) is 0 Å². The van der Waals surface area contributed by atoms with Crippen LogP contribution in [0.1, 0.15) is 33.1 Å². The summed E-state index contributed by atoms with van der Waals surface area (Å²) in [4.78, 5) is 13.9. The quantitative estimate of drug-likeness (QED) is 0.797. The fraction of sp³-hybridized carbons (Fsp3) is 0.909.